The Morgan fingerprint density at radius 1 is 0.413 bits per heavy atom. The van der Waals surface area contributed by atoms with Gasteiger partial charge >= 0.3 is 0 Å². The van der Waals surface area contributed by atoms with Gasteiger partial charge in [0.25, 0.3) is 0 Å². The van der Waals surface area contributed by atoms with Crippen LogP contribution in [0.4, 0.5) is 0 Å². The van der Waals surface area contributed by atoms with Crippen molar-refractivity contribution >= 4 is 0 Å². The number of aromatic nitrogens is 1. The zero-order valence-corrected chi connectivity index (χ0v) is 35.7. The van der Waals surface area contributed by atoms with Crippen LogP contribution in [0.5, 0.6) is 0 Å². The van der Waals surface area contributed by atoms with E-state index in [9.17, 15) is 0 Å². The molecule has 1 nitrogen and oxygen atoms in total. The lowest BCUT2D eigenvalue weighted by Gasteiger charge is -2.24. The number of nitrogens with zero attached hydrogens (tertiary/aromatic N) is 1. The molecule has 1 aromatic carbocycles. The highest BCUT2D eigenvalue weighted by molar-refractivity contribution is 5.23. The molecule has 2 aliphatic carbocycles. The molecule has 4 rings (SSSR count). The molecule has 46 heavy (non-hydrogen) atoms. The second kappa shape index (κ2) is 55.8. The molecular formula is C45H95N. The number of benzene rings is 1. The molecule has 0 spiro atoms. The van der Waals surface area contributed by atoms with Gasteiger partial charge in [-0.15, -0.1) is 0 Å². The molecule has 2 aromatic rings. The van der Waals surface area contributed by atoms with E-state index in [0.29, 0.717) is 0 Å². The number of hydrogen-bond acceptors (Lipinski definition) is 1. The first-order valence-electron chi connectivity index (χ1n) is 19.6. The smallest absolute Gasteiger partial charge is 0.0299 e. The Bertz CT molecular complexity index is 617. The summed E-state index contributed by atoms with van der Waals surface area (Å²) in [7, 11) is 0. The lowest BCUT2D eigenvalue weighted by Crippen LogP contribution is -2.12. The molecule has 0 radical (unpaired) electrons. The van der Waals surface area contributed by atoms with Crippen molar-refractivity contribution in [3.05, 3.63) is 65.0 Å². The van der Waals surface area contributed by atoms with Crippen LogP contribution >= 0.6 is 0 Å². The highest BCUT2D eigenvalue weighted by Gasteiger charge is 2.17. The molecule has 2 fully saturated rings. The molecule has 2 saturated carbocycles. The second-order valence-corrected chi connectivity index (χ2v) is 10.2. The minimum absolute atomic E-state index is 0. The summed E-state index contributed by atoms with van der Waals surface area (Å²) >= 11 is 0. The van der Waals surface area contributed by atoms with Crippen molar-refractivity contribution in [2.75, 3.05) is 0 Å². The molecule has 1 heterocycles. The first kappa shape index (κ1) is 63.1. The molecule has 0 bridgehead atoms. The third-order valence-electron chi connectivity index (χ3n) is 7.56. The fourth-order valence-electron chi connectivity index (χ4n) is 4.04. The molecule has 2 aliphatic rings. The maximum absolute atomic E-state index is 3.95. The van der Waals surface area contributed by atoms with Crippen molar-refractivity contribution in [3.8, 4) is 0 Å². The van der Waals surface area contributed by atoms with E-state index in [-0.39, 0.29) is 7.43 Å². The standard InChI is InChI=1S/C8H16.C8H10.C7H9N.C7H14.7C2H6.CH4/c2*1-7-5-3-4-6-8(7)2;1-6-3-4-8-5-7(6)2;1-6-4-3-5-7(6)2;7*1-2;/h7-8H,3-6H2,1-2H3;3-6H,1-2H3;3-5H,1-2H3;6-7H,3-5H2,1-2H3;7*1-2H3;1H4. The molecule has 0 N–H and O–H groups in total. The van der Waals surface area contributed by atoms with Crippen molar-refractivity contribution in [2.45, 2.75) is 205 Å². The predicted octanol–water partition coefficient (Wildman–Crippen LogP) is 17.1. The summed E-state index contributed by atoms with van der Waals surface area (Å²) in [6.45, 7) is 45.9. The van der Waals surface area contributed by atoms with Crippen molar-refractivity contribution in [2.24, 2.45) is 23.7 Å². The van der Waals surface area contributed by atoms with Crippen molar-refractivity contribution < 1.29 is 0 Å². The number of rotatable bonds is 0. The lowest BCUT2D eigenvalue weighted by atomic mass is 9.82. The molecule has 0 saturated heterocycles. The third-order valence-corrected chi connectivity index (χ3v) is 7.56. The predicted molar refractivity (Wildman–Crippen MR) is 225 cm³/mol. The van der Waals surface area contributed by atoms with E-state index in [1.165, 1.54) is 67.2 Å². The van der Waals surface area contributed by atoms with Gasteiger partial charge in [0.2, 0.25) is 0 Å². The van der Waals surface area contributed by atoms with Gasteiger partial charge in [-0.2, -0.15) is 0 Å². The maximum Gasteiger partial charge on any atom is 0.0299 e. The van der Waals surface area contributed by atoms with E-state index in [2.05, 4.69) is 84.6 Å². The van der Waals surface area contributed by atoms with Gasteiger partial charge in [0.15, 0.2) is 0 Å². The Kier molecular flexibility index (Phi) is 76.5. The molecule has 4 unspecified atom stereocenters. The minimum atomic E-state index is 0. The second-order valence-electron chi connectivity index (χ2n) is 10.2. The zero-order valence-electron chi connectivity index (χ0n) is 35.7. The van der Waals surface area contributed by atoms with Crippen molar-refractivity contribution in [3.63, 3.8) is 0 Å². The van der Waals surface area contributed by atoms with Crippen molar-refractivity contribution in [1.29, 1.82) is 0 Å². The Morgan fingerprint density at radius 3 is 0.848 bits per heavy atom. The van der Waals surface area contributed by atoms with E-state index in [4.69, 9.17) is 0 Å². The monoisotopic (exact) mass is 650 g/mol. The van der Waals surface area contributed by atoms with Crippen LogP contribution in [-0.2, 0) is 0 Å². The molecular weight excluding hydrogens is 555 g/mol. The summed E-state index contributed by atoms with van der Waals surface area (Å²) in [5, 5.41) is 0. The molecule has 280 valence electrons. The third kappa shape index (κ3) is 42.4. The van der Waals surface area contributed by atoms with Gasteiger partial charge in [0, 0.05) is 12.4 Å². The molecule has 0 amide bonds. The first-order valence-corrected chi connectivity index (χ1v) is 19.6. The molecule has 1 heteroatoms. The number of hydrogen-bond donors (Lipinski definition) is 0. The summed E-state index contributed by atoms with van der Waals surface area (Å²) in [5.41, 5.74) is 5.30. The van der Waals surface area contributed by atoms with Gasteiger partial charge in [0.05, 0.1) is 0 Å². The van der Waals surface area contributed by atoms with Crippen LogP contribution in [0.2, 0.25) is 0 Å². The van der Waals surface area contributed by atoms with Gasteiger partial charge < -0.3 is 0 Å². The van der Waals surface area contributed by atoms with Gasteiger partial charge in [-0.25, -0.2) is 0 Å². The van der Waals surface area contributed by atoms with E-state index < -0.39 is 0 Å². The number of aryl methyl sites for hydroxylation is 4. The van der Waals surface area contributed by atoms with Gasteiger partial charge in [-0.1, -0.05) is 201 Å². The van der Waals surface area contributed by atoms with Crippen LogP contribution in [0, 0.1) is 51.4 Å². The van der Waals surface area contributed by atoms with E-state index >= 15 is 0 Å². The van der Waals surface area contributed by atoms with Crippen LogP contribution in [0.25, 0.3) is 0 Å². The topological polar surface area (TPSA) is 12.9 Å². The van der Waals surface area contributed by atoms with Crippen LogP contribution in [0.15, 0.2) is 42.7 Å². The summed E-state index contributed by atoms with van der Waals surface area (Å²) in [4.78, 5) is 3.95. The Hall–Kier alpha value is -1.63. The van der Waals surface area contributed by atoms with E-state index in [0.717, 1.165) is 23.7 Å². The quantitative estimate of drug-likeness (QED) is 0.277. The largest absolute Gasteiger partial charge is 0.264 e. The summed E-state index contributed by atoms with van der Waals surface area (Å²) in [6, 6.07) is 10.4. The van der Waals surface area contributed by atoms with Crippen LogP contribution in [0.3, 0.4) is 0 Å². The summed E-state index contributed by atoms with van der Waals surface area (Å²) < 4.78 is 0. The van der Waals surface area contributed by atoms with E-state index in [1.807, 2.05) is 115 Å². The fourth-order valence-corrected chi connectivity index (χ4v) is 4.04. The van der Waals surface area contributed by atoms with Gasteiger partial charge in [-0.05, 0) is 79.7 Å². The van der Waals surface area contributed by atoms with E-state index in [1.54, 1.807) is 0 Å². The SMILES string of the molecule is C.CC.CC.CC.CC.CC.CC.CC.CC1CCCC1C.CC1CCCCC1C.Cc1ccccc1C.Cc1ccncc1C. The van der Waals surface area contributed by atoms with Crippen LogP contribution in [0.1, 0.15) is 199 Å². The summed E-state index contributed by atoms with van der Waals surface area (Å²) in [5.74, 6) is 4.03. The maximum atomic E-state index is 3.95. The van der Waals surface area contributed by atoms with Gasteiger partial charge in [-0.3, -0.25) is 4.98 Å². The Labute approximate surface area is 297 Å². The zero-order chi connectivity index (χ0) is 37.2. The normalized spacial score (nSPS) is 17.4. The van der Waals surface area contributed by atoms with Crippen LogP contribution in [-0.4, -0.2) is 4.98 Å². The lowest BCUT2D eigenvalue weighted by molar-refractivity contribution is 0.277. The van der Waals surface area contributed by atoms with Gasteiger partial charge in [0.1, 0.15) is 0 Å². The Balaban J connectivity index is -0.0000000614. The molecule has 4 atom stereocenters. The summed E-state index contributed by atoms with van der Waals surface area (Å²) in [6.07, 6.45) is 14.0. The highest BCUT2D eigenvalue weighted by atomic mass is 14.6. The highest BCUT2D eigenvalue weighted by Crippen LogP contribution is 2.30. The molecule has 1 aromatic heterocycles. The minimum Gasteiger partial charge on any atom is -0.264 e. The fraction of sp³-hybridized carbons (Fsp3) is 0.756. The average molecular weight is 650 g/mol. The first-order chi connectivity index (χ1) is 21.7. The average Bonchev–Trinajstić information content (AvgIpc) is 3.50. The number of pyridine rings is 1. The molecule has 0 aliphatic heterocycles. The van der Waals surface area contributed by atoms with Crippen LogP contribution < -0.4 is 0 Å². The Morgan fingerprint density at radius 2 is 0.674 bits per heavy atom. The van der Waals surface area contributed by atoms with Crippen molar-refractivity contribution in [1.82, 2.24) is 4.98 Å².